The number of nitrogens with one attached hydrogen (secondary N) is 1. The lowest BCUT2D eigenvalue weighted by atomic mass is 10.1. The molecule has 1 unspecified atom stereocenters. The lowest BCUT2D eigenvalue weighted by Gasteiger charge is -2.01. The van der Waals surface area contributed by atoms with E-state index < -0.39 is 0 Å². The van der Waals surface area contributed by atoms with E-state index in [9.17, 15) is 0 Å². The first-order valence-electron chi connectivity index (χ1n) is 4.47. The van der Waals surface area contributed by atoms with Crippen molar-refractivity contribution in [3.8, 4) is 0 Å². The van der Waals surface area contributed by atoms with Crippen LogP contribution in [0, 0.1) is 0 Å². The highest BCUT2D eigenvalue weighted by Crippen LogP contribution is 2.17. The molecule has 2 aromatic rings. The second kappa shape index (κ2) is 3.12. The van der Waals surface area contributed by atoms with Gasteiger partial charge in [0, 0.05) is 7.34 Å². The summed E-state index contributed by atoms with van der Waals surface area (Å²) in [5.74, 6) is 1.45. The summed E-state index contributed by atoms with van der Waals surface area (Å²) in [6.45, 7) is 4.29. The summed E-state index contributed by atoms with van der Waals surface area (Å²) < 4.78 is 0. The molecular weight excluding hydrogens is 164 g/mol. The molecular formula is C9H14N4. The Morgan fingerprint density at radius 1 is 1.62 bits per heavy atom. The van der Waals surface area contributed by atoms with Crippen LogP contribution < -0.4 is 0 Å². The van der Waals surface area contributed by atoms with Crippen molar-refractivity contribution in [1.82, 2.24) is 19.9 Å². The van der Waals surface area contributed by atoms with Crippen molar-refractivity contribution in [3.63, 3.8) is 0 Å². The summed E-state index contributed by atoms with van der Waals surface area (Å²) in [5.41, 5.74) is 1.67. The molecule has 0 aliphatic heterocycles. The third-order valence-electron chi connectivity index (χ3n) is 2.26. The van der Waals surface area contributed by atoms with Crippen molar-refractivity contribution in [3.05, 3.63) is 18.3 Å². The average molecular weight is 178 g/mol. The Kier molecular flexibility index (Phi) is 1.96. The molecule has 0 aliphatic carbocycles. The van der Waals surface area contributed by atoms with Crippen LogP contribution in [0.5, 0.6) is 0 Å². The monoisotopic (exact) mass is 178 g/mol. The Hall–Kier alpha value is -1.45. The van der Waals surface area contributed by atoms with E-state index in [1.165, 1.54) is 6.33 Å². The van der Waals surface area contributed by atoms with E-state index >= 15 is 0 Å². The SMILES string of the molecule is CCC(C)c1nc2ncncc2[nH]1.[HH]. The van der Waals surface area contributed by atoms with E-state index in [2.05, 4.69) is 33.8 Å². The molecule has 0 saturated heterocycles. The Morgan fingerprint density at radius 3 is 3.15 bits per heavy atom. The smallest absolute Gasteiger partial charge is 0.180 e. The summed E-state index contributed by atoms with van der Waals surface area (Å²) in [6.07, 6.45) is 4.35. The normalized spacial score (nSPS) is 13.4. The van der Waals surface area contributed by atoms with Gasteiger partial charge >= 0.3 is 0 Å². The first-order valence-corrected chi connectivity index (χ1v) is 4.47. The topological polar surface area (TPSA) is 54.5 Å². The van der Waals surface area contributed by atoms with Crippen molar-refractivity contribution >= 4 is 11.2 Å². The third-order valence-corrected chi connectivity index (χ3v) is 2.26. The number of rotatable bonds is 2. The maximum Gasteiger partial charge on any atom is 0.180 e. The zero-order valence-corrected chi connectivity index (χ0v) is 7.78. The van der Waals surface area contributed by atoms with Crippen LogP contribution in [0.4, 0.5) is 0 Å². The Bertz CT molecular complexity index is 379. The fourth-order valence-corrected chi connectivity index (χ4v) is 1.21. The highest BCUT2D eigenvalue weighted by Gasteiger charge is 2.08. The van der Waals surface area contributed by atoms with Gasteiger partial charge in [-0.05, 0) is 6.42 Å². The second-order valence-electron chi connectivity index (χ2n) is 3.19. The number of nitrogens with zero attached hydrogens (tertiary/aromatic N) is 3. The maximum absolute atomic E-state index is 4.38. The Balaban J connectivity index is 0.000000980. The molecule has 13 heavy (non-hydrogen) atoms. The van der Waals surface area contributed by atoms with Gasteiger partial charge in [-0.15, -0.1) is 0 Å². The van der Waals surface area contributed by atoms with Crippen LogP contribution in [0.25, 0.3) is 11.2 Å². The Labute approximate surface area is 77.9 Å². The average Bonchev–Trinajstić information content (AvgIpc) is 2.59. The van der Waals surface area contributed by atoms with Crippen molar-refractivity contribution in [2.24, 2.45) is 0 Å². The summed E-state index contributed by atoms with van der Waals surface area (Å²) in [5, 5.41) is 0. The van der Waals surface area contributed by atoms with Gasteiger partial charge in [0.1, 0.15) is 17.7 Å². The molecule has 0 aromatic carbocycles. The molecule has 1 atom stereocenters. The molecule has 0 radical (unpaired) electrons. The lowest BCUT2D eigenvalue weighted by Crippen LogP contribution is -1.93. The van der Waals surface area contributed by atoms with Gasteiger partial charge in [0.05, 0.1) is 6.20 Å². The molecule has 2 heterocycles. The van der Waals surface area contributed by atoms with Crippen LogP contribution in [0.15, 0.2) is 12.5 Å². The molecule has 0 amide bonds. The summed E-state index contributed by atoms with van der Waals surface area (Å²) in [4.78, 5) is 15.6. The first-order chi connectivity index (χ1) is 6.31. The van der Waals surface area contributed by atoms with Gasteiger partial charge in [-0.1, -0.05) is 13.8 Å². The predicted molar refractivity (Wildman–Crippen MR) is 52.5 cm³/mol. The van der Waals surface area contributed by atoms with Gasteiger partial charge in [-0.25, -0.2) is 15.0 Å². The summed E-state index contributed by atoms with van der Waals surface area (Å²) in [6, 6.07) is 0. The number of aromatic amines is 1. The molecule has 0 saturated carbocycles. The van der Waals surface area contributed by atoms with Crippen LogP contribution in [-0.2, 0) is 0 Å². The quantitative estimate of drug-likeness (QED) is 0.766. The zero-order valence-electron chi connectivity index (χ0n) is 7.78. The van der Waals surface area contributed by atoms with E-state index in [-0.39, 0.29) is 1.43 Å². The van der Waals surface area contributed by atoms with E-state index in [1.54, 1.807) is 6.20 Å². The molecule has 0 fully saturated rings. The number of H-pyrrole nitrogens is 1. The molecule has 0 bridgehead atoms. The third kappa shape index (κ3) is 1.39. The molecule has 0 spiro atoms. The first kappa shape index (κ1) is 8.16. The van der Waals surface area contributed by atoms with E-state index in [1.807, 2.05) is 0 Å². The second-order valence-corrected chi connectivity index (χ2v) is 3.19. The molecule has 4 heteroatoms. The standard InChI is InChI=1S/C9H12N4.H2/c1-3-6(2)8-12-7-4-10-5-11-9(7)13-8;/h4-6H,3H2,1-2H3,(H,10,11,12,13);1H. The van der Waals surface area contributed by atoms with Gasteiger partial charge in [-0.3, -0.25) is 0 Å². The number of hydrogen-bond donors (Lipinski definition) is 1. The van der Waals surface area contributed by atoms with Gasteiger partial charge in [-0.2, -0.15) is 0 Å². The number of imidazole rings is 1. The Morgan fingerprint density at radius 2 is 2.46 bits per heavy atom. The number of aromatic nitrogens is 4. The van der Waals surface area contributed by atoms with Crippen molar-refractivity contribution < 1.29 is 1.43 Å². The molecule has 70 valence electrons. The summed E-state index contributed by atoms with van der Waals surface area (Å²) >= 11 is 0. The molecule has 2 rings (SSSR count). The van der Waals surface area contributed by atoms with Crippen molar-refractivity contribution in [2.75, 3.05) is 0 Å². The van der Waals surface area contributed by atoms with E-state index in [0.717, 1.165) is 23.4 Å². The van der Waals surface area contributed by atoms with Crippen LogP contribution in [-0.4, -0.2) is 19.9 Å². The van der Waals surface area contributed by atoms with Gasteiger partial charge < -0.3 is 4.98 Å². The van der Waals surface area contributed by atoms with Crippen molar-refractivity contribution in [1.29, 1.82) is 0 Å². The number of hydrogen-bond acceptors (Lipinski definition) is 3. The zero-order chi connectivity index (χ0) is 9.26. The fourth-order valence-electron chi connectivity index (χ4n) is 1.21. The van der Waals surface area contributed by atoms with Crippen LogP contribution in [0.2, 0.25) is 0 Å². The maximum atomic E-state index is 4.38. The fraction of sp³-hybridized carbons (Fsp3) is 0.444. The number of fused-ring (bicyclic) bond motifs is 1. The molecule has 1 N–H and O–H groups in total. The van der Waals surface area contributed by atoms with E-state index in [0.29, 0.717) is 5.92 Å². The minimum atomic E-state index is 0. The van der Waals surface area contributed by atoms with E-state index in [4.69, 9.17) is 0 Å². The van der Waals surface area contributed by atoms with Crippen molar-refractivity contribution in [2.45, 2.75) is 26.2 Å². The van der Waals surface area contributed by atoms with Gasteiger partial charge in [0.25, 0.3) is 0 Å². The predicted octanol–water partition coefficient (Wildman–Crippen LogP) is 2.11. The van der Waals surface area contributed by atoms with Crippen LogP contribution in [0.3, 0.4) is 0 Å². The molecule has 2 aromatic heterocycles. The molecule has 4 nitrogen and oxygen atoms in total. The van der Waals surface area contributed by atoms with Gasteiger partial charge in [0.15, 0.2) is 5.65 Å². The van der Waals surface area contributed by atoms with Gasteiger partial charge in [0.2, 0.25) is 0 Å². The minimum Gasteiger partial charge on any atom is -0.339 e. The summed E-state index contributed by atoms with van der Waals surface area (Å²) in [7, 11) is 0. The lowest BCUT2D eigenvalue weighted by molar-refractivity contribution is 0.691. The highest BCUT2D eigenvalue weighted by atomic mass is 15.0. The largest absolute Gasteiger partial charge is 0.339 e. The molecule has 0 aliphatic rings. The van der Waals surface area contributed by atoms with Crippen LogP contribution >= 0.6 is 0 Å². The highest BCUT2D eigenvalue weighted by molar-refractivity contribution is 5.68. The minimum absolute atomic E-state index is 0. The van der Waals surface area contributed by atoms with Crippen LogP contribution in [0.1, 0.15) is 33.4 Å².